The zero-order valence-electron chi connectivity index (χ0n) is 12.2. The Morgan fingerprint density at radius 2 is 2.38 bits per heavy atom. The highest BCUT2D eigenvalue weighted by Gasteiger charge is 2.19. The Bertz CT molecular complexity index is 611. The van der Waals surface area contributed by atoms with E-state index in [0.29, 0.717) is 6.04 Å². The summed E-state index contributed by atoms with van der Waals surface area (Å²) >= 11 is 3.51. The highest BCUT2D eigenvalue weighted by molar-refractivity contribution is 9.10. The summed E-state index contributed by atoms with van der Waals surface area (Å²) in [6.45, 7) is 4.64. The predicted octanol–water partition coefficient (Wildman–Crippen LogP) is 3.46. The number of ether oxygens (including phenoxy) is 1. The maximum absolute atomic E-state index is 5.84. The third-order valence-corrected chi connectivity index (χ3v) is 4.23. The van der Waals surface area contributed by atoms with Crippen LogP contribution in [0.3, 0.4) is 0 Å². The molecule has 5 heteroatoms. The molecule has 1 N–H and O–H groups in total. The minimum Gasteiger partial charge on any atom is -0.493 e. The van der Waals surface area contributed by atoms with Gasteiger partial charge in [-0.1, -0.05) is 22.0 Å². The summed E-state index contributed by atoms with van der Waals surface area (Å²) in [5, 5.41) is 7.96. The molecule has 112 valence electrons. The average Bonchev–Trinajstić information content (AvgIpc) is 2.77. The van der Waals surface area contributed by atoms with Crippen molar-refractivity contribution in [3.8, 4) is 5.75 Å². The van der Waals surface area contributed by atoms with Crippen LogP contribution in [0.5, 0.6) is 5.75 Å². The van der Waals surface area contributed by atoms with Gasteiger partial charge < -0.3 is 10.1 Å². The number of benzene rings is 1. The number of hydrogen-bond donors (Lipinski definition) is 1. The van der Waals surface area contributed by atoms with Crippen molar-refractivity contribution in [2.45, 2.75) is 32.4 Å². The van der Waals surface area contributed by atoms with Crippen LogP contribution in [0.2, 0.25) is 0 Å². The highest BCUT2D eigenvalue weighted by Crippen LogP contribution is 2.33. The highest BCUT2D eigenvalue weighted by atomic mass is 79.9. The molecule has 0 aliphatic carbocycles. The molecule has 2 heterocycles. The smallest absolute Gasteiger partial charge is 0.125 e. The summed E-state index contributed by atoms with van der Waals surface area (Å²) in [7, 11) is 0. The van der Waals surface area contributed by atoms with Crippen LogP contribution in [0, 0.1) is 6.92 Å². The van der Waals surface area contributed by atoms with Gasteiger partial charge in [-0.3, -0.25) is 4.68 Å². The summed E-state index contributed by atoms with van der Waals surface area (Å²) in [6.07, 6.45) is 6.15. The van der Waals surface area contributed by atoms with Gasteiger partial charge in [0.15, 0.2) is 0 Å². The lowest BCUT2D eigenvalue weighted by molar-refractivity contribution is 0.315. The predicted molar refractivity (Wildman–Crippen MR) is 86.6 cm³/mol. The van der Waals surface area contributed by atoms with E-state index in [1.54, 1.807) is 0 Å². The molecule has 1 aromatic heterocycles. The molecule has 0 saturated heterocycles. The summed E-state index contributed by atoms with van der Waals surface area (Å²) in [5.74, 6) is 0.995. The fourth-order valence-electron chi connectivity index (χ4n) is 2.70. The monoisotopic (exact) mass is 349 g/mol. The molecular weight excluding hydrogens is 330 g/mol. The lowest BCUT2D eigenvalue weighted by Crippen LogP contribution is -2.25. The molecule has 0 amide bonds. The molecule has 1 unspecified atom stereocenters. The molecule has 0 bridgehead atoms. The Morgan fingerprint density at radius 3 is 3.19 bits per heavy atom. The first-order chi connectivity index (χ1) is 10.2. The second-order valence-electron chi connectivity index (χ2n) is 5.46. The van der Waals surface area contributed by atoms with Crippen LogP contribution in [0.1, 0.15) is 30.0 Å². The molecule has 4 nitrogen and oxygen atoms in total. The van der Waals surface area contributed by atoms with Crippen LogP contribution < -0.4 is 10.1 Å². The normalized spacial score (nSPS) is 17.9. The van der Waals surface area contributed by atoms with Gasteiger partial charge in [0.25, 0.3) is 0 Å². The van der Waals surface area contributed by atoms with Gasteiger partial charge in [-0.25, -0.2) is 0 Å². The minimum absolute atomic E-state index is 0.354. The molecule has 0 radical (unpaired) electrons. The molecule has 2 aromatic rings. The Labute approximate surface area is 133 Å². The van der Waals surface area contributed by atoms with Gasteiger partial charge in [0.05, 0.1) is 19.3 Å². The van der Waals surface area contributed by atoms with E-state index in [1.165, 1.54) is 11.1 Å². The van der Waals surface area contributed by atoms with Crippen molar-refractivity contribution in [1.29, 1.82) is 0 Å². The van der Waals surface area contributed by atoms with Crippen molar-refractivity contribution in [3.05, 3.63) is 46.2 Å². The van der Waals surface area contributed by atoms with Gasteiger partial charge >= 0.3 is 0 Å². The number of nitrogens with zero attached hydrogens (tertiary/aromatic N) is 2. The Balaban J connectivity index is 1.65. The van der Waals surface area contributed by atoms with Crippen molar-refractivity contribution < 1.29 is 4.74 Å². The summed E-state index contributed by atoms with van der Waals surface area (Å²) in [4.78, 5) is 0. The molecule has 0 fully saturated rings. The van der Waals surface area contributed by atoms with E-state index in [9.17, 15) is 0 Å². The van der Waals surface area contributed by atoms with Crippen molar-refractivity contribution in [2.75, 3.05) is 13.2 Å². The van der Waals surface area contributed by atoms with Crippen LogP contribution in [0.4, 0.5) is 0 Å². The summed E-state index contributed by atoms with van der Waals surface area (Å²) in [6, 6.07) is 6.65. The van der Waals surface area contributed by atoms with Crippen LogP contribution in [-0.2, 0) is 6.54 Å². The zero-order chi connectivity index (χ0) is 14.7. The van der Waals surface area contributed by atoms with Gasteiger partial charge in [-0.2, -0.15) is 5.10 Å². The lowest BCUT2D eigenvalue weighted by Gasteiger charge is -2.18. The fraction of sp³-hybridized carbons (Fsp3) is 0.438. The first kappa shape index (κ1) is 14.6. The molecule has 1 aliphatic heterocycles. The van der Waals surface area contributed by atoms with Crippen molar-refractivity contribution >= 4 is 15.9 Å². The molecule has 1 atom stereocenters. The van der Waals surface area contributed by atoms with Crippen molar-refractivity contribution in [2.24, 2.45) is 0 Å². The first-order valence-electron chi connectivity index (χ1n) is 7.37. The maximum atomic E-state index is 5.84. The molecule has 3 rings (SSSR count). The zero-order valence-corrected chi connectivity index (χ0v) is 13.8. The van der Waals surface area contributed by atoms with Gasteiger partial charge in [-0.05, 0) is 37.5 Å². The van der Waals surface area contributed by atoms with Gasteiger partial charge in [0, 0.05) is 28.8 Å². The third kappa shape index (κ3) is 3.66. The Morgan fingerprint density at radius 1 is 1.48 bits per heavy atom. The summed E-state index contributed by atoms with van der Waals surface area (Å²) < 4.78 is 8.89. The Hall–Kier alpha value is -1.33. The van der Waals surface area contributed by atoms with Crippen molar-refractivity contribution in [1.82, 2.24) is 15.1 Å². The quantitative estimate of drug-likeness (QED) is 0.918. The Kier molecular flexibility index (Phi) is 4.60. The molecular formula is C16H20BrN3O. The van der Waals surface area contributed by atoms with E-state index in [4.69, 9.17) is 4.74 Å². The topological polar surface area (TPSA) is 39.1 Å². The second kappa shape index (κ2) is 6.62. The van der Waals surface area contributed by atoms with Crippen LogP contribution in [0.25, 0.3) is 0 Å². The number of aryl methyl sites for hydroxylation is 1. The van der Waals surface area contributed by atoms with Gasteiger partial charge in [0.2, 0.25) is 0 Å². The maximum Gasteiger partial charge on any atom is 0.125 e. The SMILES string of the molecule is Cc1cnn(CCNC2CCCOc3cc(Br)ccc32)c1. The average molecular weight is 350 g/mol. The van der Waals surface area contributed by atoms with E-state index < -0.39 is 0 Å². The minimum atomic E-state index is 0.354. The van der Waals surface area contributed by atoms with Crippen LogP contribution in [0.15, 0.2) is 35.1 Å². The number of halogens is 1. The number of rotatable bonds is 4. The molecule has 1 aliphatic rings. The van der Waals surface area contributed by atoms with Crippen LogP contribution in [-0.4, -0.2) is 22.9 Å². The lowest BCUT2D eigenvalue weighted by atomic mass is 10.0. The first-order valence-corrected chi connectivity index (χ1v) is 8.16. The van der Waals surface area contributed by atoms with E-state index in [-0.39, 0.29) is 0 Å². The largest absolute Gasteiger partial charge is 0.493 e. The molecule has 0 saturated carbocycles. The molecule has 1 aromatic carbocycles. The standard InChI is InChI=1S/C16H20BrN3O/c1-12-10-19-20(11-12)7-6-18-15-3-2-8-21-16-9-13(17)4-5-14(15)16/h4-5,9-11,15,18H,2-3,6-8H2,1H3. The molecule has 0 spiro atoms. The van der Waals surface area contributed by atoms with Gasteiger partial charge in [0.1, 0.15) is 5.75 Å². The molecule has 21 heavy (non-hydrogen) atoms. The number of nitrogens with one attached hydrogen (secondary N) is 1. The van der Waals surface area contributed by atoms with E-state index in [0.717, 1.165) is 42.8 Å². The summed E-state index contributed by atoms with van der Waals surface area (Å²) in [5.41, 5.74) is 2.46. The van der Waals surface area contributed by atoms with Crippen molar-refractivity contribution in [3.63, 3.8) is 0 Å². The van der Waals surface area contributed by atoms with E-state index in [1.807, 2.05) is 10.9 Å². The number of hydrogen-bond acceptors (Lipinski definition) is 3. The number of aromatic nitrogens is 2. The van der Waals surface area contributed by atoms with Crippen LogP contribution >= 0.6 is 15.9 Å². The van der Waals surface area contributed by atoms with Gasteiger partial charge in [-0.15, -0.1) is 0 Å². The fourth-order valence-corrected chi connectivity index (χ4v) is 3.04. The second-order valence-corrected chi connectivity index (χ2v) is 6.38. The number of fused-ring (bicyclic) bond motifs is 1. The third-order valence-electron chi connectivity index (χ3n) is 3.74. The van der Waals surface area contributed by atoms with E-state index >= 15 is 0 Å². The van der Waals surface area contributed by atoms with E-state index in [2.05, 4.69) is 57.7 Å².